The maximum Gasteiger partial charge on any atom is 0.340 e. The highest BCUT2D eigenvalue weighted by molar-refractivity contribution is 6.07. The molecule has 0 unspecified atom stereocenters. The zero-order chi connectivity index (χ0) is 21.6. The van der Waals surface area contributed by atoms with Gasteiger partial charge in [-0.05, 0) is 32.3 Å². The number of ether oxygens (including phenoxy) is 2. The number of benzene rings is 1. The number of hydrogen-bond donors (Lipinski definition) is 0. The molecule has 2 aromatic rings. The minimum absolute atomic E-state index is 0. The fourth-order valence-corrected chi connectivity index (χ4v) is 3.11. The number of nitro benzene ring substituents is 1. The van der Waals surface area contributed by atoms with Crippen molar-refractivity contribution in [3.8, 4) is 11.1 Å². The quantitative estimate of drug-likeness (QED) is 0.339. The van der Waals surface area contributed by atoms with Gasteiger partial charge in [0, 0.05) is 17.7 Å². The molecule has 0 N–H and O–H groups in total. The summed E-state index contributed by atoms with van der Waals surface area (Å²) in [5.74, 6) is -1.27. The number of carbonyl (C=O) groups is 2. The Morgan fingerprint density at radius 2 is 1.47 bits per heavy atom. The Kier molecular flexibility index (Phi) is 9.39. The molecule has 0 saturated carbocycles. The molecule has 0 radical (unpaired) electrons. The first kappa shape index (κ1) is 25.0. The molecule has 9 heteroatoms. The summed E-state index contributed by atoms with van der Waals surface area (Å²) in [5.41, 5.74) is 1.67. The minimum Gasteiger partial charge on any atom is -0.462 e. The second-order valence-electron chi connectivity index (χ2n) is 6.09. The van der Waals surface area contributed by atoms with Gasteiger partial charge >= 0.3 is 11.9 Å². The van der Waals surface area contributed by atoms with Crippen molar-refractivity contribution < 1.29 is 24.0 Å². The Labute approximate surface area is 181 Å². The van der Waals surface area contributed by atoms with Gasteiger partial charge in [0.2, 0.25) is 0 Å². The molecule has 0 aliphatic rings. The van der Waals surface area contributed by atoms with Gasteiger partial charge in [-0.2, -0.15) is 0 Å². The highest BCUT2D eigenvalue weighted by Crippen LogP contribution is 2.35. The molecule has 0 atom stereocenters. The molecular weight excluding hydrogens is 412 g/mol. The lowest BCUT2D eigenvalue weighted by Gasteiger charge is -2.19. The molecular formula is C21H25ClN2O6. The lowest BCUT2D eigenvalue weighted by Crippen LogP contribution is -2.19. The topological polar surface area (TPSA) is 109 Å². The lowest BCUT2D eigenvalue weighted by atomic mass is 9.90. The maximum atomic E-state index is 12.8. The Hall–Kier alpha value is -3.00. The van der Waals surface area contributed by atoms with E-state index in [-0.39, 0.29) is 48.0 Å². The van der Waals surface area contributed by atoms with Gasteiger partial charge < -0.3 is 9.47 Å². The molecule has 0 amide bonds. The van der Waals surface area contributed by atoms with E-state index in [1.54, 1.807) is 19.9 Å². The number of carbonyl (C=O) groups excluding carboxylic acids is 2. The van der Waals surface area contributed by atoms with Crippen molar-refractivity contribution in [2.24, 2.45) is 0 Å². The third-order valence-corrected chi connectivity index (χ3v) is 4.32. The monoisotopic (exact) mass is 436 g/mol. The fourth-order valence-electron chi connectivity index (χ4n) is 3.11. The highest BCUT2D eigenvalue weighted by Gasteiger charge is 2.29. The van der Waals surface area contributed by atoms with E-state index in [9.17, 15) is 19.7 Å². The van der Waals surface area contributed by atoms with Crippen molar-refractivity contribution >= 4 is 30.0 Å². The lowest BCUT2D eigenvalue weighted by molar-refractivity contribution is -0.384. The number of pyridine rings is 1. The van der Waals surface area contributed by atoms with E-state index in [0.29, 0.717) is 29.8 Å². The van der Waals surface area contributed by atoms with Crippen LogP contribution in [0.1, 0.15) is 59.8 Å². The summed E-state index contributed by atoms with van der Waals surface area (Å²) in [6.45, 7) is 7.31. The molecule has 162 valence electrons. The van der Waals surface area contributed by atoms with Crippen LogP contribution in [-0.4, -0.2) is 35.1 Å². The number of aromatic nitrogens is 1. The Balaban J connectivity index is 0.00000450. The fraction of sp³-hybridized carbons (Fsp3) is 0.381. The highest BCUT2D eigenvalue weighted by atomic mass is 35.5. The number of esters is 2. The summed E-state index contributed by atoms with van der Waals surface area (Å²) in [4.78, 5) is 40.9. The van der Waals surface area contributed by atoms with Crippen molar-refractivity contribution in [3.63, 3.8) is 0 Å². The van der Waals surface area contributed by atoms with E-state index in [4.69, 9.17) is 9.47 Å². The van der Waals surface area contributed by atoms with Gasteiger partial charge in [-0.15, -0.1) is 12.4 Å². The number of halogens is 1. The number of nitrogens with zero attached hydrogens (tertiary/aromatic N) is 2. The van der Waals surface area contributed by atoms with Gasteiger partial charge in [-0.1, -0.05) is 26.0 Å². The van der Waals surface area contributed by atoms with Crippen LogP contribution in [-0.2, 0) is 22.3 Å². The average molecular weight is 437 g/mol. The van der Waals surface area contributed by atoms with E-state index >= 15 is 0 Å². The van der Waals surface area contributed by atoms with Crippen LogP contribution in [0.25, 0.3) is 11.1 Å². The zero-order valence-corrected chi connectivity index (χ0v) is 18.2. The molecule has 0 saturated heterocycles. The van der Waals surface area contributed by atoms with Crippen LogP contribution >= 0.6 is 12.4 Å². The molecule has 2 rings (SSSR count). The molecule has 1 aromatic heterocycles. The first-order valence-corrected chi connectivity index (χ1v) is 9.54. The van der Waals surface area contributed by atoms with E-state index in [0.717, 1.165) is 0 Å². The summed E-state index contributed by atoms with van der Waals surface area (Å²) >= 11 is 0. The Morgan fingerprint density at radius 1 is 0.967 bits per heavy atom. The molecule has 1 heterocycles. The second-order valence-corrected chi connectivity index (χ2v) is 6.09. The molecule has 0 bridgehead atoms. The standard InChI is InChI=1S/C21H24N2O6.ClH/c1-5-15-18(20(24)28-7-3)17(13-10-9-11-14(12-13)23(26)27)19(16(6-2)22-15)21(25)29-8-4;/h9-12H,5-8H2,1-4H3;1H. The van der Waals surface area contributed by atoms with Crippen LogP contribution in [0.5, 0.6) is 0 Å². The van der Waals surface area contributed by atoms with Crippen LogP contribution < -0.4 is 0 Å². The van der Waals surface area contributed by atoms with Gasteiger partial charge in [0.05, 0.1) is 40.7 Å². The van der Waals surface area contributed by atoms with Crippen molar-refractivity contribution in [2.75, 3.05) is 13.2 Å². The van der Waals surface area contributed by atoms with E-state index < -0.39 is 16.9 Å². The first-order valence-electron chi connectivity index (χ1n) is 9.54. The summed E-state index contributed by atoms with van der Waals surface area (Å²) < 4.78 is 10.4. The summed E-state index contributed by atoms with van der Waals surface area (Å²) in [6.07, 6.45) is 0.846. The van der Waals surface area contributed by atoms with Crippen LogP contribution in [0.2, 0.25) is 0 Å². The third-order valence-electron chi connectivity index (χ3n) is 4.32. The van der Waals surface area contributed by atoms with Crippen LogP contribution in [0.3, 0.4) is 0 Å². The van der Waals surface area contributed by atoms with Crippen LogP contribution in [0.4, 0.5) is 5.69 Å². The number of nitro groups is 1. The first-order chi connectivity index (χ1) is 13.9. The second kappa shape index (κ2) is 11.3. The smallest absolute Gasteiger partial charge is 0.340 e. The molecule has 1 aromatic carbocycles. The summed E-state index contributed by atoms with van der Waals surface area (Å²) in [5, 5.41) is 11.3. The molecule has 8 nitrogen and oxygen atoms in total. The van der Waals surface area contributed by atoms with Crippen molar-refractivity contribution in [1.82, 2.24) is 4.98 Å². The predicted molar refractivity (Wildman–Crippen MR) is 114 cm³/mol. The van der Waals surface area contributed by atoms with Crippen molar-refractivity contribution in [3.05, 3.63) is 56.9 Å². The van der Waals surface area contributed by atoms with Gasteiger partial charge in [-0.3, -0.25) is 15.1 Å². The van der Waals surface area contributed by atoms with E-state index in [2.05, 4.69) is 4.98 Å². The third kappa shape index (κ3) is 5.13. The van der Waals surface area contributed by atoms with Crippen molar-refractivity contribution in [2.45, 2.75) is 40.5 Å². The normalized spacial score (nSPS) is 10.1. The average Bonchev–Trinajstić information content (AvgIpc) is 2.72. The number of hydrogen-bond acceptors (Lipinski definition) is 7. The van der Waals surface area contributed by atoms with Gasteiger partial charge in [0.1, 0.15) is 0 Å². The molecule has 0 fully saturated rings. The number of aryl methyl sites for hydroxylation is 2. The number of rotatable bonds is 8. The Morgan fingerprint density at radius 3 is 1.87 bits per heavy atom. The van der Waals surface area contributed by atoms with Gasteiger partial charge in [0.15, 0.2) is 0 Å². The summed E-state index contributed by atoms with van der Waals surface area (Å²) in [7, 11) is 0. The number of non-ortho nitro benzene ring substituents is 1. The SMILES string of the molecule is CCOC(=O)c1c(CC)nc(CC)c(C(=O)OCC)c1-c1cccc([N+](=O)[O-])c1.Cl. The van der Waals surface area contributed by atoms with Crippen LogP contribution in [0.15, 0.2) is 24.3 Å². The van der Waals surface area contributed by atoms with Crippen molar-refractivity contribution in [1.29, 1.82) is 0 Å². The summed E-state index contributed by atoms with van der Waals surface area (Å²) in [6, 6.07) is 5.81. The van der Waals surface area contributed by atoms with E-state index in [1.807, 2.05) is 13.8 Å². The molecule has 0 aliphatic heterocycles. The Bertz CT molecular complexity index is 901. The maximum absolute atomic E-state index is 12.8. The van der Waals surface area contributed by atoms with E-state index in [1.165, 1.54) is 18.2 Å². The molecule has 30 heavy (non-hydrogen) atoms. The molecule has 0 aliphatic carbocycles. The van der Waals surface area contributed by atoms with Crippen LogP contribution in [0, 0.1) is 10.1 Å². The van der Waals surface area contributed by atoms with Gasteiger partial charge in [-0.25, -0.2) is 9.59 Å². The van der Waals surface area contributed by atoms with Gasteiger partial charge in [0.25, 0.3) is 5.69 Å². The zero-order valence-electron chi connectivity index (χ0n) is 17.4. The molecule has 0 spiro atoms. The minimum atomic E-state index is -0.633. The largest absolute Gasteiger partial charge is 0.462 e. The predicted octanol–water partition coefficient (Wildman–Crippen LogP) is 4.56.